The molecule has 1 rings (SSSR count). The second kappa shape index (κ2) is 6.02. The molecule has 0 saturated carbocycles. The molecule has 0 aliphatic rings. The molecule has 0 saturated heterocycles. The van der Waals surface area contributed by atoms with Crippen molar-refractivity contribution >= 4 is 11.9 Å². The van der Waals surface area contributed by atoms with Crippen molar-refractivity contribution in [3.8, 4) is 5.75 Å². The first kappa shape index (κ1) is 14.0. The third kappa shape index (κ3) is 3.46. The predicted molar refractivity (Wildman–Crippen MR) is 63.2 cm³/mol. The number of benzene rings is 1. The van der Waals surface area contributed by atoms with Crippen LogP contribution in [0, 0.1) is 6.92 Å². The van der Waals surface area contributed by atoms with Crippen molar-refractivity contribution < 1.29 is 24.5 Å². The van der Waals surface area contributed by atoms with Crippen LogP contribution in [0.2, 0.25) is 0 Å². The van der Waals surface area contributed by atoms with E-state index in [0.717, 1.165) is 12.7 Å². The van der Waals surface area contributed by atoms with Crippen molar-refractivity contribution in [1.29, 1.82) is 0 Å². The number of amides is 1. The van der Waals surface area contributed by atoms with E-state index in [1.54, 1.807) is 13.0 Å². The molecule has 98 valence electrons. The summed E-state index contributed by atoms with van der Waals surface area (Å²) in [6.07, 6.45) is -1.43. The fourth-order valence-corrected chi connectivity index (χ4v) is 1.34. The average Bonchev–Trinajstić information content (AvgIpc) is 2.37. The van der Waals surface area contributed by atoms with Crippen LogP contribution in [0.25, 0.3) is 0 Å². The van der Waals surface area contributed by atoms with Gasteiger partial charge in [0.15, 0.2) is 6.10 Å². The number of aromatic hydroxyl groups is 1. The summed E-state index contributed by atoms with van der Waals surface area (Å²) in [5.41, 5.74) is 0.901. The van der Waals surface area contributed by atoms with Crippen molar-refractivity contribution in [2.75, 3.05) is 13.7 Å². The minimum Gasteiger partial charge on any atom is -0.507 e. The normalized spacial score (nSPS) is 11.7. The molecule has 1 aromatic rings. The first-order valence-corrected chi connectivity index (χ1v) is 5.29. The van der Waals surface area contributed by atoms with Crippen molar-refractivity contribution in [2.24, 2.45) is 0 Å². The van der Waals surface area contributed by atoms with Crippen LogP contribution in [-0.2, 0) is 9.53 Å². The summed E-state index contributed by atoms with van der Waals surface area (Å²) in [4.78, 5) is 22.6. The van der Waals surface area contributed by atoms with Crippen molar-refractivity contribution in [3.05, 3.63) is 29.3 Å². The summed E-state index contributed by atoms with van der Waals surface area (Å²) >= 11 is 0. The summed E-state index contributed by atoms with van der Waals surface area (Å²) < 4.78 is 4.30. The SMILES string of the molecule is COC(=O)C(O)CNC(=O)c1cc(C)ccc1O. The maximum atomic E-state index is 11.7. The fourth-order valence-electron chi connectivity index (χ4n) is 1.34. The van der Waals surface area contributed by atoms with Crippen LogP contribution in [-0.4, -0.2) is 41.8 Å². The van der Waals surface area contributed by atoms with Crippen molar-refractivity contribution in [1.82, 2.24) is 5.32 Å². The summed E-state index contributed by atoms with van der Waals surface area (Å²) in [5.74, 6) is -1.56. The number of rotatable bonds is 4. The zero-order chi connectivity index (χ0) is 13.7. The number of phenols is 1. The molecule has 0 heterocycles. The van der Waals surface area contributed by atoms with E-state index in [-0.39, 0.29) is 17.9 Å². The molecular formula is C12H15NO5. The number of carbonyl (C=O) groups is 2. The number of aryl methyl sites for hydroxylation is 1. The molecule has 6 nitrogen and oxygen atoms in total. The number of nitrogens with one attached hydrogen (secondary N) is 1. The van der Waals surface area contributed by atoms with Gasteiger partial charge in [0.25, 0.3) is 5.91 Å². The van der Waals surface area contributed by atoms with Gasteiger partial charge in [0.2, 0.25) is 0 Å². The van der Waals surface area contributed by atoms with Gasteiger partial charge in [0.1, 0.15) is 5.75 Å². The molecule has 0 fully saturated rings. The van der Waals surface area contributed by atoms with Gasteiger partial charge in [-0.3, -0.25) is 4.79 Å². The molecule has 0 aromatic heterocycles. The van der Waals surface area contributed by atoms with E-state index < -0.39 is 18.0 Å². The number of hydrogen-bond donors (Lipinski definition) is 3. The number of ether oxygens (including phenoxy) is 1. The number of phenolic OH excluding ortho intramolecular Hbond substituents is 1. The van der Waals surface area contributed by atoms with E-state index in [9.17, 15) is 19.8 Å². The van der Waals surface area contributed by atoms with E-state index in [1.165, 1.54) is 12.1 Å². The van der Waals surface area contributed by atoms with Gasteiger partial charge in [-0.1, -0.05) is 11.6 Å². The molecule has 1 amide bonds. The topological polar surface area (TPSA) is 95.9 Å². The summed E-state index contributed by atoms with van der Waals surface area (Å²) in [6.45, 7) is 1.50. The van der Waals surface area contributed by atoms with Gasteiger partial charge in [-0.15, -0.1) is 0 Å². The molecule has 0 radical (unpaired) electrons. The summed E-state index contributed by atoms with van der Waals surface area (Å²) in [5, 5.41) is 21.1. The lowest BCUT2D eigenvalue weighted by Crippen LogP contribution is -2.37. The Bertz CT molecular complexity index is 458. The number of methoxy groups -OCH3 is 1. The second-order valence-electron chi connectivity index (χ2n) is 3.77. The van der Waals surface area contributed by atoms with Crippen LogP contribution in [0.1, 0.15) is 15.9 Å². The second-order valence-corrected chi connectivity index (χ2v) is 3.77. The van der Waals surface area contributed by atoms with Crippen LogP contribution >= 0.6 is 0 Å². The molecule has 0 spiro atoms. The number of aliphatic hydroxyl groups is 1. The zero-order valence-corrected chi connectivity index (χ0v) is 10.1. The maximum absolute atomic E-state index is 11.7. The highest BCUT2D eigenvalue weighted by Crippen LogP contribution is 2.17. The summed E-state index contributed by atoms with van der Waals surface area (Å²) in [7, 11) is 1.14. The Balaban J connectivity index is 2.66. The van der Waals surface area contributed by atoms with Crippen molar-refractivity contribution in [2.45, 2.75) is 13.0 Å². The quantitative estimate of drug-likeness (QED) is 0.654. The molecule has 1 atom stereocenters. The smallest absolute Gasteiger partial charge is 0.336 e. The molecule has 3 N–H and O–H groups in total. The number of hydrogen-bond acceptors (Lipinski definition) is 5. The minimum absolute atomic E-state index is 0.0899. The first-order valence-electron chi connectivity index (χ1n) is 5.29. The fraction of sp³-hybridized carbons (Fsp3) is 0.333. The highest BCUT2D eigenvalue weighted by molar-refractivity contribution is 5.97. The van der Waals surface area contributed by atoms with Gasteiger partial charge in [0.05, 0.1) is 19.2 Å². The standard InChI is InChI=1S/C12H15NO5/c1-7-3-4-9(14)8(5-7)11(16)13-6-10(15)12(17)18-2/h3-5,10,14-15H,6H2,1-2H3,(H,13,16). The lowest BCUT2D eigenvalue weighted by molar-refractivity contribution is -0.149. The van der Waals surface area contributed by atoms with Gasteiger partial charge in [-0.25, -0.2) is 4.79 Å². The minimum atomic E-state index is -1.43. The Hall–Kier alpha value is -2.08. The van der Waals surface area contributed by atoms with E-state index in [4.69, 9.17) is 0 Å². The van der Waals surface area contributed by atoms with E-state index in [0.29, 0.717) is 0 Å². The zero-order valence-electron chi connectivity index (χ0n) is 10.1. The van der Waals surface area contributed by atoms with Crippen LogP contribution < -0.4 is 5.32 Å². The van der Waals surface area contributed by atoms with Gasteiger partial charge in [-0.2, -0.15) is 0 Å². The van der Waals surface area contributed by atoms with Crippen LogP contribution in [0.3, 0.4) is 0 Å². The highest BCUT2D eigenvalue weighted by Gasteiger charge is 2.18. The Kier molecular flexibility index (Phi) is 4.67. The van der Waals surface area contributed by atoms with Gasteiger partial charge < -0.3 is 20.3 Å². The Morgan fingerprint density at radius 3 is 2.72 bits per heavy atom. The average molecular weight is 253 g/mol. The van der Waals surface area contributed by atoms with Crippen LogP contribution in [0.15, 0.2) is 18.2 Å². The molecular weight excluding hydrogens is 238 g/mol. The maximum Gasteiger partial charge on any atom is 0.336 e. The highest BCUT2D eigenvalue weighted by atomic mass is 16.5. The monoisotopic (exact) mass is 253 g/mol. The van der Waals surface area contributed by atoms with Crippen LogP contribution in [0.4, 0.5) is 0 Å². The molecule has 6 heteroatoms. The van der Waals surface area contributed by atoms with E-state index >= 15 is 0 Å². The lowest BCUT2D eigenvalue weighted by atomic mass is 10.1. The Morgan fingerprint density at radius 2 is 2.11 bits per heavy atom. The molecule has 18 heavy (non-hydrogen) atoms. The molecule has 0 aliphatic heterocycles. The lowest BCUT2D eigenvalue weighted by Gasteiger charge is -2.10. The molecule has 1 unspecified atom stereocenters. The molecule has 1 aromatic carbocycles. The third-order valence-corrected chi connectivity index (χ3v) is 2.33. The Morgan fingerprint density at radius 1 is 1.44 bits per heavy atom. The number of aliphatic hydroxyl groups excluding tert-OH is 1. The first-order chi connectivity index (χ1) is 8.45. The largest absolute Gasteiger partial charge is 0.507 e. The molecule has 0 bridgehead atoms. The van der Waals surface area contributed by atoms with Crippen LogP contribution in [0.5, 0.6) is 5.75 Å². The molecule has 0 aliphatic carbocycles. The Labute approximate surface area is 104 Å². The predicted octanol–water partition coefficient (Wildman–Crippen LogP) is -0.0357. The van der Waals surface area contributed by atoms with E-state index in [2.05, 4.69) is 10.1 Å². The van der Waals surface area contributed by atoms with E-state index in [1.807, 2.05) is 0 Å². The number of carbonyl (C=O) groups excluding carboxylic acids is 2. The summed E-state index contributed by atoms with van der Waals surface area (Å²) in [6, 6.07) is 4.57. The van der Waals surface area contributed by atoms with Gasteiger partial charge in [-0.05, 0) is 19.1 Å². The van der Waals surface area contributed by atoms with Crippen molar-refractivity contribution in [3.63, 3.8) is 0 Å². The van der Waals surface area contributed by atoms with Gasteiger partial charge >= 0.3 is 5.97 Å². The number of esters is 1. The third-order valence-electron chi connectivity index (χ3n) is 2.33. The van der Waals surface area contributed by atoms with Gasteiger partial charge in [0, 0.05) is 0 Å².